The molecule has 0 spiro atoms. The highest BCUT2D eigenvalue weighted by molar-refractivity contribution is 5.96. The first-order chi connectivity index (χ1) is 12.1. The Morgan fingerprint density at radius 3 is 2.76 bits per heavy atom. The first-order valence-corrected chi connectivity index (χ1v) is 8.55. The fourth-order valence-electron chi connectivity index (χ4n) is 3.07. The molecule has 0 aliphatic carbocycles. The summed E-state index contributed by atoms with van der Waals surface area (Å²) < 4.78 is 0. The lowest BCUT2D eigenvalue weighted by Crippen LogP contribution is -2.50. The number of nitrogens with zero attached hydrogens (tertiary/aromatic N) is 3. The molecule has 8 heteroatoms. The summed E-state index contributed by atoms with van der Waals surface area (Å²) in [6.45, 7) is 5.02. The number of hydrogen-bond acceptors (Lipinski definition) is 5. The van der Waals surface area contributed by atoms with E-state index >= 15 is 0 Å². The molecule has 3 rings (SSSR count). The number of aromatic nitrogens is 2. The molecule has 1 atom stereocenters. The molecule has 25 heavy (non-hydrogen) atoms. The number of imide groups is 1. The van der Waals surface area contributed by atoms with Gasteiger partial charge in [0.15, 0.2) is 0 Å². The van der Waals surface area contributed by atoms with Crippen LogP contribution in [0.5, 0.6) is 0 Å². The largest absolute Gasteiger partial charge is 0.341 e. The molecule has 1 saturated heterocycles. The van der Waals surface area contributed by atoms with E-state index in [0.29, 0.717) is 0 Å². The third-order valence-electron chi connectivity index (χ3n) is 4.60. The molecule has 0 saturated carbocycles. The van der Waals surface area contributed by atoms with Crippen molar-refractivity contribution in [1.82, 2.24) is 25.5 Å². The number of urea groups is 1. The van der Waals surface area contributed by atoms with E-state index in [4.69, 9.17) is 0 Å². The van der Waals surface area contributed by atoms with E-state index in [1.165, 1.54) is 7.05 Å². The van der Waals surface area contributed by atoms with Gasteiger partial charge in [-0.15, -0.1) is 0 Å². The molecule has 0 bridgehead atoms. The van der Waals surface area contributed by atoms with Crippen LogP contribution in [-0.2, 0) is 4.79 Å². The lowest BCUT2D eigenvalue weighted by Gasteiger charge is -2.26. The lowest BCUT2D eigenvalue weighted by atomic mass is 10.2. The normalized spacial score (nSPS) is 17.1. The molecular formula is C17H24N6O2. The SMILES string of the molecule is CNC(=O)NC(=O)[C@@H](C)N1CCCN(c2nc3ccccc3[nH]2)CC1. The predicted octanol–water partition coefficient (Wildman–Crippen LogP) is 0.919. The molecule has 8 nitrogen and oxygen atoms in total. The number of nitrogens with one attached hydrogen (secondary N) is 3. The van der Waals surface area contributed by atoms with Gasteiger partial charge < -0.3 is 15.2 Å². The van der Waals surface area contributed by atoms with Crippen LogP contribution in [0.2, 0.25) is 0 Å². The molecule has 0 unspecified atom stereocenters. The number of para-hydroxylation sites is 2. The Hall–Kier alpha value is -2.61. The molecule has 134 valence electrons. The Labute approximate surface area is 146 Å². The number of rotatable bonds is 3. The van der Waals surface area contributed by atoms with Crippen molar-refractivity contribution in [2.45, 2.75) is 19.4 Å². The number of benzene rings is 1. The highest BCUT2D eigenvalue weighted by atomic mass is 16.2. The topological polar surface area (TPSA) is 93.4 Å². The summed E-state index contributed by atoms with van der Waals surface area (Å²) in [5.74, 6) is 0.585. The zero-order valence-electron chi connectivity index (χ0n) is 14.6. The van der Waals surface area contributed by atoms with Gasteiger partial charge in [-0.05, 0) is 25.5 Å². The first-order valence-electron chi connectivity index (χ1n) is 8.55. The minimum atomic E-state index is -0.476. The van der Waals surface area contributed by atoms with Crippen molar-refractivity contribution >= 4 is 28.9 Å². The Kier molecular flexibility index (Phi) is 5.18. The van der Waals surface area contributed by atoms with E-state index in [2.05, 4.69) is 30.4 Å². The van der Waals surface area contributed by atoms with Gasteiger partial charge in [-0.2, -0.15) is 0 Å². The third-order valence-corrected chi connectivity index (χ3v) is 4.60. The van der Waals surface area contributed by atoms with E-state index in [-0.39, 0.29) is 11.9 Å². The van der Waals surface area contributed by atoms with E-state index in [1.807, 2.05) is 31.2 Å². The molecule has 1 fully saturated rings. The molecule has 3 amide bonds. The fraction of sp³-hybridized carbons (Fsp3) is 0.471. The van der Waals surface area contributed by atoms with Crippen LogP contribution in [0.25, 0.3) is 11.0 Å². The average molecular weight is 344 g/mol. The smallest absolute Gasteiger partial charge is 0.321 e. The zero-order chi connectivity index (χ0) is 17.8. The van der Waals surface area contributed by atoms with Gasteiger partial charge in [-0.25, -0.2) is 9.78 Å². The van der Waals surface area contributed by atoms with Crippen LogP contribution in [0.15, 0.2) is 24.3 Å². The maximum absolute atomic E-state index is 12.1. The van der Waals surface area contributed by atoms with Gasteiger partial charge in [-0.3, -0.25) is 15.0 Å². The molecule has 1 aromatic carbocycles. The van der Waals surface area contributed by atoms with Crippen molar-refractivity contribution in [1.29, 1.82) is 0 Å². The van der Waals surface area contributed by atoms with Gasteiger partial charge in [0.05, 0.1) is 17.1 Å². The standard InChI is InChI=1S/C17H24N6O2/c1-12(15(24)21-17(25)18-2)22-8-5-9-23(11-10-22)16-19-13-6-3-4-7-14(13)20-16/h3-4,6-7,12H,5,8-11H2,1-2H3,(H,19,20)(H2,18,21,24,25)/t12-/m1/s1. The minimum absolute atomic E-state index is 0.281. The molecule has 3 N–H and O–H groups in total. The van der Waals surface area contributed by atoms with Crippen LogP contribution in [0.1, 0.15) is 13.3 Å². The Balaban J connectivity index is 1.63. The van der Waals surface area contributed by atoms with Gasteiger partial charge in [0.25, 0.3) is 0 Å². The van der Waals surface area contributed by atoms with Crippen LogP contribution in [0, 0.1) is 0 Å². The Morgan fingerprint density at radius 2 is 2.00 bits per heavy atom. The summed E-state index contributed by atoms with van der Waals surface area (Å²) in [4.78, 5) is 35.8. The molecule has 2 aromatic rings. The summed E-state index contributed by atoms with van der Waals surface area (Å²) in [5, 5.41) is 4.74. The van der Waals surface area contributed by atoms with Gasteiger partial charge in [0.2, 0.25) is 11.9 Å². The highest BCUT2D eigenvalue weighted by Gasteiger charge is 2.25. The molecule has 1 aliphatic rings. The molecule has 2 heterocycles. The number of H-pyrrole nitrogens is 1. The fourth-order valence-corrected chi connectivity index (χ4v) is 3.07. The van der Waals surface area contributed by atoms with E-state index in [0.717, 1.165) is 49.6 Å². The monoisotopic (exact) mass is 344 g/mol. The zero-order valence-corrected chi connectivity index (χ0v) is 14.6. The van der Waals surface area contributed by atoms with Gasteiger partial charge in [0, 0.05) is 33.2 Å². The second kappa shape index (κ2) is 7.52. The second-order valence-electron chi connectivity index (χ2n) is 6.20. The summed E-state index contributed by atoms with van der Waals surface area (Å²) in [5.41, 5.74) is 1.98. The highest BCUT2D eigenvalue weighted by Crippen LogP contribution is 2.19. The number of aromatic amines is 1. The predicted molar refractivity (Wildman–Crippen MR) is 96.6 cm³/mol. The molecular weight excluding hydrogens is 320 g/mol. The van der Waals surface area contributed by atoms with E-state index in [9.17, 15) is 9.59 Å². The maximum Gasteiger partial charge on any atom is 0.321 e. The summed E-state index contributed by atoms with van der Waals surface area (Å²) in [7, 11) is 1.49. The first kappa shape index (κ1) is 17.2. The van der Waals surface area contributed by atoms with Crippen LogP contribution in [-0.4, -0.2) is 66.1 Å². The molecule has 0 radical (unpaired) electrons. The number of hydrogen-bond donors (Lipinski definition) is 3. The van der Waals surface area contributed by atoms with Crippen molar-refractivity contribution in [3.05, 3.63) is 24.3 Å². The second-order valence-corrected chi connectivity index (χ2v) is 6.20. The van der Waals surface area contributed by atoms with Crippen molar-refractivity contribution in [3.8, 4) is 0 Å². The number of carbonyl (C=O) groups excluding carboxylic acids is 2. The van der Waals surface area contributed by atoms with Crippen molar-refractivity contribution in [2.24, 2.45) is 0 Å². The lowest BCUT2D eigenvalue weighted by molar-refractivity contribution is -0.124. The minimum Gasteiger partial charge on any atom is -0.341 e. The maximum atomic E-state index is 12.1. The van der Waals surface area contributed by atoms with Crippen LogP contribution in [0.3, 0.4) is 0 Å². The van der Waals surface area contributed by atoms with Crippen LogP contribution >= 0.6 is 0 Å². The summed E-state index contributed by atoms with van der Waals surface area (Å²) >= 11 is 0. The van der Waals surface area contributed by atoms with Gasteiger partial charge in [0.1, 0.15) is 0 Å². The number of anilines is 1. The van der Waals surface area contributed by atoms with Crippen LogP contribution < -0.4 is 15.5 Å². The number of fused-ring (bicyclic) bond motifs is 1. The Morgan fingerprint density at radius 1 is 1.20 bits per heavy atom. The summed E-state index contributed by atoms with van der Waals surface area (Å²) in [6.07, 6.45) is 0.925. The van der Waals surface area contributed by atoms with Crippen LogP contribution in [0.4, 0.5) is 10.7 Å². The number of imidazole rings is 1. The quantitative estimate of drug-likeness (QED) is 0.770. The third kappa shape index (κ3) is 3.90. The average Bonchev–Trinajstić information content (AvgIpc) is 2.90. The summed E-state index contributed by atoms with van der Waals surface area (Å²) in [6, 6.07) is 7.14. The number of carbonyl (C=O) groups is 2. The van der Waals surface area contributed by atoms with Crippen molar-refractivity contribution in [3.63, 3.8) is 0 Å². The Bertz CT molecular complexity index is 725. The van der Waals surface area contributed by atoms with Crippen molar-refractivity contribution < 1.29 is 9.59 Å². The molecule has 1 aromatic heterocycles. The van der Waals surface area contributed by atoms with E-state index in [1.54, 1.807) is 0 Å². The van der Waals surface area contributed by atoms with E-state index < -0.39 is 6.03 Å². The molecule has 1 aliphatic heterocycles. The van der Waals surface area contributed by atoms with Crippen molar-refractivity contribution in [2.75, 3.05) is 38.1 Å². The van der Waals surface area contributed by atoms with Gasteiger partial charge >= 0.3 is 6.03 Å². The number of amides is 3. The van der Waals surface area contributed by atoms with Gasteiger partial charge in [-0.1, -0.05) is 12.1 Å².